The lowest BCUT2D eigenvalue weighted by Crippen LogP contribution is -2.04. The number of hydrogen-bond donors (Lipinski definition) is 2. The van der Waals surface area contributed by atoms with Gasteiger partial charge in [0.25, 0.3) is 0 Å². The number of carboxylic acid groups (broad SMARTS) is 1. The van der Waals surface area contributed by atoms with Gasteiger partial charge in [0.2, 0.25) is 0 Å². The van der Waals surface area contributed by atoms with E-state index in [9.17, 15) is 9.90 Å². The first-order valence-electron chi connectivity index (χ1n) is 7.90. The maximum absolute atomic E-state index is 11.1. The molecule has 0 atom stereocenters. The third-order valence-electron chi connectivity index (χ3n) is 3.47. The average Bonchev–Trinajstić information content (AvgIpc) is 2.56. The molecule has 0 spiro atoms. The van der Waals surface area contributed by atoms with Crippen LogP contribution in [0.3, 0.4) is 0 Å². The van der Waals surface area contributed by atoms with Crippen molar-refractivity contribution in [1.29, 1.82) is 0 Å². The van der Waals surface area contributed by atoms with Gasteiger partial charge in [0, 0.05) is 14.9 Å². The Balaban J connectivity index is 2.54. The summed E-state index contributed by atoms with van der Waals surface area (Å²) in [6.45, 7) is -2.49. The summed E-state index contributed by atoms with van der Waals surface area (Å²) >= 11 is 0. The number of fused-ring (bicyclic) bond motifs is 3. The Hall–Kier alpha value is -2.95. The number of phenolic OH excluding ortho intramolecular Hbond substituents is 1. The Bertz CT molecular complexity index is 995. The van der Waals surface area contributed by atoms with Gasteiger partial charge >= 0.3 is 6.16 Å². The Morgan fingerprint density at radius 3 is 2.68 bits per heavy atom. The molecule has 0 amide bonds. The van der Waals surface area contributed by atoms with Crippen molar-refractivity contribution in [3.05, 3.63) is 42.0 Å². The minimum Gasteiger partial charge on any atom is -0.504 e. The van der Waals surface area contributed by atoms with Crippen molar-refractivity contribution in [1.82, 2.24) is 0 Å². The zero-order chi connectivity index (χ0) is 18.4. The number of ether oxygens (including phenoxy) is 2. The molecular formula is C17H14O5. The molecule has 2 N–H and O–H groups in total. The van der Waals surface area contributed by atoms with Gasteiger partial charge in [0.05, 0.1) is 7.11 Å². The Morgan fingerprint density at radius 1 is 1.18 bits per heavy atom. The van der Waals surface area contributed by atoms with Gasteiger partial charge in [0.15, 0.2) is 11.5 Å². The van der Waals surface area contributed by atoms with Crippen LogP contribution >= 0.6 is 0 Å². The SMILES string of the molecule is [2H]C([2H])([2H])c1cccc2c1c(O)c(OC(=O)O)c1cc(OC)ccc12. The van der Waals surface area contributed by atoms with E-state index < -0.39 is 18.8 Å². The first kappa shape index (κ1) is 10.7. The summed E-state index contributed by atoms with van der Waals surface area (Å²) in [6, 6.07) is 9.44. The average molecular weight is 301 g/mol. The largest absolute Gasteiger partial charge is 0.511 e. The van der Waals surface area contributed by atoms with Gasteiger partial charge in [-0.25, -0.2) is 4.79 Å². The van der Waals surface area contributed by atoms with Gasteiger partial charge in [-0.2, -0.15) is 0 Å². The van der Waals surface area contributed by atoms with E-state index in [0.717, 1.165) is 0 Å². The molecule has 0 bridgehead atoms. The predicted octanol–water partition coefficient (Wildman–Crippen LogP) is 4.07. The molecule has 0 aromatic heterocycles. The molecular weight excluding hydrogens is 284 g/mol. The molecule has 0 aliphatic carbocycles. The van der Waals surface area contributed by atoms with E-state index in [2.05, 4.69) is 0 Å². The maximum Gasteiger partial charge on any atom is 0.511 e. The molecule has 0 saturated carbocycles. The molecule has 0 aliphatic heterocycles. The minimum atomic E-state index is -2.49. The van der Waals surface area contributed by atoms with Gasteiger partial charge in [-0.1, -0.05) is 18.2 Å². The van der Waals surface area contributed by atoms with Gasteiger partial charge < -0.3 is 19.7 Å². The van der Waals surface area contributed by atoms with Crippen LogP contribution in [0.2, 0.25) is 0 Å². The van der Waals surface area contributed by atoms with E-state index in [-0.39, 0.29) is 16.7 Å². The van der Waals surface area contributed by atoms with Crippen LogP contribution in [0.5, 0.6) is 17.2 Å². The van der Waals surface area contributed by atoms with Crippen molar-refractivity contribution < 1.29 is 28.6 Å². The molecule has 0 aliphatic rings. The highest BCUT2D eigenvalue weighted by Crippen LogP contribution is 2.45. The maximum atomic E-state index is 11.1. The standard InChI is InChI=1S/C17H14O5/c1-9-4-3-5-12-11-7-6-10(21-2)8-13(11)16(22-17(19)20)15(18)14(9)12/h3-8,18H,1-2H3,(H,19,20)/i1D3. The predicted molar refractivity (Wildman–Crippen MR) is 83.1 cm³/mol. The van der Waals surface area contributed by atoms with Crippen molar-refractivity contribution in [2.45, 2.75) is 6.85 Å². The molecule has 3 rings (SSSR count). The number of aromatic hydroxyl groups is 1. The topological polar surface area (TPSA) is 76.0 Å². The summed E-state index contributed by atoms with van der Waals surface area (Å²) in [6.07, 6.45) is -1.62. The number of carbonyl (C=O) groups is 1. The number of rotatable bonds is 2. The third-order valence-corrected chi connectivity index (χ3v) is 3.47. The summed E-state index contributed by atoms with van der Waals surface area (Å²) in [5.41, 5.74) is -0.0875. The zero-order valence-corrected chi connectivity index (χ0v) is 11.6. The quantitative estimate of drug-likeness (QED) is 0.424. The molecule has 112 valence electrons. The second kappa shape index (κ2) is 5.11. The van der Waals surface area contributed by atoms with Crippen LogP contribution in [-0.4, -0.2) is 23.5 Å². The fourth-order valence-electron chi connectivity index (χ4n) is 2.54. The summed E-state index contributed by atoms with van der Waals surface area (Å²) in [7, 11) is 1.45. The Labute approximate surface area is 130 Å². The number of phenols is 1. The molecule has 0 saturated heterocycles. The molecule has 0 fully saturated rings. The van der Waals surface area contributed by atoms with E-state index in [1.165, 1.54) is 19.2 Å². The van der Waals surface area contributed by atoms with Crippen LogP contribution in [0.4, 0.5) is 4.79 Å². The van der Waals surface area contributed by atoms with Gasteiger partial charge in [-0.05, 0) is 41.4 Å². The molecule has 5 heteroatoms. The number of aryl methyl sites for hydroxylation is 1. The molecule has 5 nitrogen and oxygen atoms in total. The summed E-state index contributed by atoms with van der Waals surface area (Å²) < 4.78 is 32.9. The highest BCUT2D eigenvalue weighted by Gasteiger charge is 2.19. The van der Waals surface area contributed by atoms with Crippen molar-refractivity contribution in [2.24, 2.45) is 0 Å². The Morgan fingerprint density at radius 2 is 2.00 bits per heavy atom. The van der Waals surface area contributed by atoms with Crippen molar-refractivity contribution in [3.8, 4) is 17.2 Å². The van der Waals surface area contributed by atoms with Crippen LogP contribution < -0.4 is 9.47 Å². The molecule has 3 aromatic carbocycles. The van der Waals surface area contributed by atoms with Crippen molar-refractivity contribution in [3.63, 3.8) is 0 Å². The normalized spacial score (nSPS) is 13.4. The fourth-order valence-corrected chi connectivity index (χ4v) is 2.54. The molecule has 3 aromatic rings. The monoisotopic (exact) mass is 301 g/mol. The summed E-state index contributed by atoms with van der Waals surface area (Å²) in [5.74, 6) is -0.427. The molecule has 0 unspecified atom stereocenters. The summed E-state index contributed by atoms with van der Waals surface area (Å²) in [5, 5.41) is 21.0. The van der Waals surface area contributed by atoms with Crippen molar-refractivity contribution in [2.75, 3.05) is 7.11 Å². The van der Waals surface area contributed by atoms with Gasteiger partial charge in [-0.15, -0.1) is 0 Å². The van der Waals surface area contributed by atoms with Gasteiger partial charge in [0.1, 0.15) is 5.75 Å². The van der Waals surface area contributed by atoms with E-state index in [0.29, 0.717) is 21.9 Å². The smallest absolute Gasteiger partial charge is 0.504 e. The Kier molecular flexibility index (Phi) is 2.49. The van der Waals surface area contributed by atoms with E-state index in [1.54, 1.807) is 24.3 Å². The van der Waals surface area contributed by atoms with Crippen molar-refractivity contribution >= 4 is 27.7 Å². The van der Waals surface area contributed by atoms with E-state index in [4.69, 9.17) is 18.7 Å². The lowest BCUT2D eigenvalue weighted by molar-refractivity contribution is 0.143. The second-order valence-corrected chi connectivity index (χ2v) is 4.69. The lowest BCUT2D eigenvalue weighted by atomic mass is 9.97. The summed E-state index contributed by atoms with van der Waals surface area (Å²) in [4.78, 5) is 11.1. The number of benzene rings is 3. The number of hydrogen-bond acceptors (Lipinski definition) is 4. The first-order chi connectivity index (χ1) is 11.7. The minimum absolute atomic E-state index is 0.0383. The highest BCUT2D eigenvalue weighted by atomic mass is 16.7. The van der Waals surface area contributed by atoms with Crippen LogP contribution in [0, 0.1) is 6.85 Å². The fraction of sp³-hybridized carbons (Fsp3) is 0.118. The molecule has 0 heterocycles. The number of methoxy groups -OCH3 is 1. The van der Waals surface area contributed by atoms with E-state index in [1.807, 2.05) is 0 Å². The van der Waals surface area contributed by atoms with E-state index >= 15 is 0 Å². The van der Waals surface area contributed by atoms with Crippen LogP contribution in [0.15, 0.2) is 36.4 Å². The second-order valence-electron chi connectivity index (χ2n) is 4.69. The van der Waals surface area contributed by atoms with Crippen LogP contribution in [0.25, 0.3) is 21.5 Å². The third kappa shape index (κ3) is 2.07. The zero-order valence-electron chi connectivity index (χ0n) is 14.6. The van der Waals surface area contributed by atoms with Crippen LogP contribution in [0.1, 0.15) is 9.68 Å². The molecule has 0 radical (unpaired) electrons. The molecule has 22 heavy (non-hydrogen) atoms. The van der Waals surface area contributed by atoms with Crippen LogP contribution in [-0.2, 0) is 0 Å². The lowest BCUT2D eigenvalue weighted by Gasteiger charge is -2.14. The highest BCUT2D eigenvalue weighted by molar-refractivity contribution is 6.15. The first-order valence-corrected chi connectivity index (χ1v) is 6.40. The van der Waals surface area contributed by atoms with Gasteiger partial charge in [-0.3, -0.25) is 0 Å².